The lowest BCUT2D eigenvalue weighted by molar-refractivity contribution is 0.0944. The first kappa shape index (κ1) is 12.0. The zero-order valence-corrected chi connectivity index (χ0v) is 10.1. The van der Waals surface area contributed by atoms with Crippen molar-refractivity contribution in [3.63, 3.8) is 0 Å². The molecule has 1 fully saturated rings. The van der Waals surface area contributed by atoms with E-state index in [0.29, 0.717) is 17.4 Å². The van der Waals surface area contributed by atoms with Gasteiger partial charge in [-0.1, -0.05) is 25.8 Å². The van der Waals surface area contributed by atoms with E-state index in [1.807, 2.05) is 0 Å². The molecular weight excluding hydrogens is 214 g/mol. The van der Waals surface area contributed by atoms with Gasteiger partial charge in [-0.2, -0.15) is 0 Å². The minimum atomic E-state index is -0.0972. The van der Waals surface area contributed by atoms with E-state index in [1.54, 1.807) is 18.2 Å². The van der Waals surface area contributed by atoms with Gasteiger partial charge in [0.15, 0.2) is 0 Å². The lowest BCUT2D eigenvalue weighted by Crippen LogP contribution is -2.30. The number of amides is 1. The Kier molecular flexibility index (Phi) is 3.67. The molecule has 0 radical (unpaired) electrons. The van der Waals surface area contributed by atoms with Gasteiger partial charge in [0.2, 0.25) is 0 Å². The molecule has 17 heavy (non-hydrogen) atoms. The summed E-state index contributed by atoms with van der Waals surface area (Å²) >= 11 is 0. The van der Waals surface area contributed by atoms with Crippen LogP contribution >= 0.6 is 0 Å². The number of benzene rings is 1. The largest absolute Gasteiger partial charge is 0.508 e. The molecule has 1 aromatic rings. The second-order valence-electron chi connectivity index (χ2n) is 4.93. The van der Waals surface area contributed by atoms with Crippen LogP contribution in [0.3, 0.4) is 0 Å². The maximum absolute atomic E-state index is 11.8. The standard InChI is InChI=1S/C14H19NO2/c1-10-4-2-6-12(10)9-15-14(17)11-5-3-7-13(16)8-11/h3,5,7-8,10,12,16H,2,4,6,9H2,1H3,(H,15,17). The molecule has 0 heterocycles. The highest BCUT2D eigenvalue weighted by molar-refractivity contribution is 5.94. The van der Waals surface area contributed by atoms with Crippen LogP contribution in [-0.2, 0) is 0 Å². The van der Waals surface area contributed by atoms with Crippen molar-refractivity contribution in [1.82, 2.24) is 5.32 Å². The Morgan fingerprint density at radius 1 is 1.47 bits per heavy atom. The summed E-state index contributed by atoms with van der Waals surface area (Å²) in [6.07, 6.45) is 3.75. The monoisotopic (exact) mass is 233 g/mol. The highest BCUT2D eigenvalue weighted by Crippen LogP contribution is 2.30. The van der Waals surface area contributed by atoms with Crippen molar-refractivity contribution in [3.05, 3.63) is 29.8 Å². The Morgan fingerprint density at radius 2 is 2.29 bits per heavy atom. The van der Waals surface area contributed by atoms with E-state index in [4.69, 9.17) is 0 Å². The number of carbonyl (C=O) groups excluding carboxylic acids is 1. The third kappa shape index (κ3) is 2.99. The van der Waals surface area contributed by atoms with Crippen LogP contribution < -0.4 is 5.32 Å². The smallest absolute Gasteiger partial charge is 0.251 e. The summed E-state index contributed by atoms with van der Waals surface area (Å²) in [6.45, 7) is 2.99. The zero-order valence-electron chi connectivity index (χ0n) is 10.1. The van der Waals surface area contributed by atoms with Gasteiger partial charge in [-0.15, -0.1) is 0 Å². The highest BCUT2D eigenvalue weighted by Gasteiger charge is 2.23. The van der Waals surface area contributed by atoms with Gasteiger partial charge < -0.3 is 10.4 Å². The number of nitrogens with one attached hydrogen (secondary N) is 1. The molecule has 2 rings (SSSR count). The lowest BCUT2D eigenvalue weighted by atomic mass is 9.98. The summed E-state index contributed by atoms with van der Waals surface area (Å²) in [6, 6.07) is 6.46. The molecule has 3 nitrogen and oxygen atoms in total. The van der Waals surface area contributed by atoms with Crippen LogP contribution in [0.15, 0.2) is 24.3 Å². The Balaban J connectivity index is 1.89. The zero-order chi connectivity index (χ0) is 12.3. The number of phenolic OH excluding ortho intramolecular Hbond substituents is 1. The number of hydrogen-bond donors (Lipinski definition) is 2. The minimum Gasteiger partial charge on any atom is -0.508 e. The fourth-order valence-corrected chi connectivity index (χ4v) is 2.50. The second-order valence-corrected chi connectivity index (χ2v) is 4.93. The predicted molar refractivity (Wildman–Crippen MR) is 66.9 cm³/mol. The summed E-state index contributed by atoms with van der Waals surface area (Å²) in [5, 5.41) is 12.3. The van der Waals surface area contributed by atoms with Gasteiger partial charge in [-0.25, -0.2) is 0 Å². The van der Waals surface area contributed by atoms with Crippen LogP contribution in [0.2, 0.25) is 0 Å². The molecule has 1 aliphatic carbocycles. The van der Waals surface area contributed by atoms with E-state index < -0.39 is 0 Å². The van der Waals surface area contributed by atoms with Gasteiger partial charge in [-0.05, 0) is 36.5 Å². The Hall–Kier alpha value is -1.51. The van der Waals surface area contributed by atoms with Crippen LogP contribution in [0.1, 0.15) is 36.5 Å². The SMILES string of the molecule is CC1CCCC1CNC(=O)c1cccc(O)c1. The van der Waals surface area contributed by atoms with E-state index in [2.05, 4.69) is 12.2 Å². The average molecular weight is 233 g/mol. The van der Waals surface area contributed by atoms with Crippen molar-refractivity contribution in [2.75, 3.05) is 6.54 Å². The maximum atomic E-state index is 11.8. The first-order chi connectivity index (χ1) is 8.16. The lowest BCUT2D eigenvalue weighted by Gasteiger charge is -2.15. The van der Waals surface area contributed by atoms with Gasteiger partial charge >= 0.3 is 0 Å². The van der Waals surface area contributed by atoms with Crippen molar-refractivity contribution in [2.45, 2.75) is 26.2 Å². The topological polar surface area (TPSA) is 49.3 Å². The van der Waals surface area contributed by atoms with Gasteiger partial charge in [-0.3, -0.25) is 4.79 Å². The van der Waals surface area contributed by atoms with Crippen molar-refractivity contribution in [1.29, 1.82) is 0 Å². The third-order valence-electron chi connectivity index (χ3n) is 3.67. The summed E-state index contributed by atoms with van der Waals surface area (Å²) in [4.78, 5) is 11.8. The number of phenols is 1. The average Bonchev–Trinajstić information content (AvgIpc) is 2.72. The Morgan fingerprint density at radius 3 is 2.94 bits per heavy atom. The summed E-state index contributed by atoms with van der Waals surface area (Å²) in [5.74, 6) is 1.35. The first-order valence-corrected chi connectivity index (χ1v) is 6.24. The van der Waals surface area contributed by atoms with Crippen molar-refractivity contribution in [2.24, 2.45) is 11.8 Å². The van der Waals surface area contributed by atoms with E-state index >= 15 is 0 Å². The maximum Gasteiger partial charge on any atom is 0.251 e. The van der Waals surface area contributed by atoms with Gasteiger partial charge in [0.05, 0.1) is 0 Å². The second kappa shape index (κ2) is 5.21. The molecule has 3 heteroatoms. The summed E-state index contributed by atoms with van der Waals surface area (Å²) in [5.41, 5.74) is 0.524. The van der Waals surface area contributed by atoms with Crippen LogP contribution in [0.4, 0.5) is 0 Å². The molecule has 1 aliphatic rings. The quantitative estimate of drug-likeness (QED) is 0.843. The van der Waals surface area contributed by atoms with Crippen molar-refractivity contribution in [3.8, 4) is 5.75 Å². The molecule has 2 unspecified atom stereocenters. The fourth-order valence-electron chi connectivity index (χ4n) is 2.50. The normalized spacial score (nSPS) is 23.6. The Labute approximate surface area is 102 Å². The molecule has 0 bridgehead atoms. The number of rotatable bonds is 3. The molecular formula is C14H19NO2. The van der Waals surface area contributed by atoms with E-state index in [0.717, 1.165) is 6.54 Å². The predicted octanol–water partition coefficient (Wildman–Crippen LogP) is 2.56. The van der Waals surface area contributed by atoms with Crippen LogP contribution in [0.5, 0.6) is 5.75 Å². The number of hydrogen-bond acceptors (Lipinski definition) is 2. The molecule has 0 aromatic heterocycles. The first-order valence-electron chi connectivity index (χ1n) is 6.24. The highest BCUT2D eigenvalue weighted by atomic mass is 16.3. The van der Waals surface area contributed by atoms with Gasteiger partial charge in [0.25, 0.3) is 5.91 Å². The van der Waals surface area contributed by atoms with E-state index in [9.17, 15) is 9.90 Å². The molecule has 0 spiro atoms. The van der Waals surface area contributed by atoms with E-state index in [-0.39, 0.29) is 11.7 Å². The number of aromatic hydroxyl groups is 1. The molecule has 1 aromatic carbocycles. The third-order valence-corrected chi connectivity index (χ3v) is 3.67. The van der Waals surface area contributed by atoms with Crippen LogP contribution in [-0.4, -0.2) is 17.6 Å². The van der Waals surface area contributed by atoms with Gasteiger partial charge in [0.1, 0.15) is 5.75 Å². The van der Waals surface area contributed by atoms with Crippen LogP contribution in [0, 0.1) is 11.8 Å². The Bertz CT molecular complexity index is 403. The number of carbonyl (C=O) groups is 1. The molecule has 0 saturated heterocycles. The van der Waals surface area contributed by atoms with E-state index in [1.165, 1.54) is 25.3 Å². The molecule has 0 aliphatic heterocycles. The molecule has 1 amide bonds. The molecule has 92 valence electrons. The van der Waals surface area contributed by atoms with Crippen molar-refractivity contribution >= 4 is 5.91 Å². The molecule has 2 atom stereocenters. The van der Waals surface area contributed by atoms with Crippen molar-refractivity contribution < 1.29 is 9.90 Å². The van der Waals surface area contributed by atoms with Crippen LogP contribution in [0.25, 0.3) is 0 Å². The van der Waals surface area contributed by atoms with Gasteiger partial charge in [0, 0.05) is 12.1 Å². The summed E-state index contributed by atoms with van der Waals surface area (Å²) in [7, 11) is 0. The molecule has 1 saturated carbocycles. The minimum absolute atomic E-state index is 0.0972. The fraction of sp³-hybridized carbons (Fsp3) is 0.500. The molecule has 2 N–H and O–H groups in total. The summed E-state index contributed by atoms with van der Waals surface area (Å²) < 4.78 is 0.